The predicted octanol–water partition coefficient (Wildman–Crippen LogP) is 2.69. The average Bonchev–Trinajstić information content (AvgIpc) is 2.48. The minimum absolute atomic E-state index is 0.0728. The Labute approximate surface area is 125 Å². The molecule has 1 aromatic carbocycles. The van der Waals surface area contributed by atoms with E-state index < -0.39 is 6.10 Å². The lowest BCUT2D eigenvalue weighted by molar-refractivity contribution is -0.151. The summed E-state index contributed by atoms with van der Waals surface area (Å²) in [6.07, 6.45) is 0.739. The van der Waals surface area contributed by atoms with Gasteiger partial charge < -0.3 is 19.3 Å². The second-order valence-corrected chi connectivity index (χ2v) is 4.52. The molecule has 0 aliphatic rings. The van der Waals surface area contributed by atoms with Crippen LogP contribution in [0.3, 0.4) is 0 Å². The Kier molecular flexibility index (Phi) is 7.61. The molecule has 0 saturated carbocycles. The van der Waals surface area contributed by atoms with Crippen molar-refractivity contribution in [1.82, 2.24) is 0 Å². The quantitative estimate of drug-likeness (QED) is 0.710. The Hall–Kier alpha value is -1.75. The highest BCUT2D eigenvalue weighted by Crippen LogP contribution is 2.30. The molecule has 21 heavy (non-hydrogen) atoms. The summed E-state index contributed by atoms with van der Waals surface area (Å²) in [6.45, 7) is 6.34. The molecule has 0 spiro atoms. The molecule has 5 heteroatoms. The lowest BCUT2D eigenvalue weighted by atomic mass is 10.2. The lowest BCUT2D eigenvalue weighted by Crippen LogP contribution is -2.29. The third-order valence-corrected chi connectivity index (χ3v) is 2.86. The summed E-state index contributed by atoms with van der Waals surface area (Å²) in [5, 5.41) is 9.17. The van der Waals surface area contributed by atoms with Crippen LogP contribution in [0, 0.1) is 0 Å². The molecule has 1 N–H and O–H groups in total. The second-order valence-electron chi connectivity index (χ2n) is 4.52. The summed E-state index contributed by atoms with van der Waals surface area (Å²) in [4.78, 5) is 11.9. The van der Waals surface area contributed by atoms with Crippen LogP contribution in [-0.4, -0.2) is 30.4 Å². The lowest BCUT2D eigenvalue weighted by Gasteiger charge is -2.19. The van der Waals surface area contributed by atoms with Crippen molar-refractivity contribution in [2.45, 2.75) is 46.3 Å². The number of aliphatic hydroxyl groups excluding tert-OH is 1. The summed E-state index contributed by atoms with van der Waals surface area (Å²) >= 11 is 0. The third-order valence-electron chi connectivity index (χ3n) is 2.86. The van der Waals surface area contributed by atoms with E-state index in [0.717, 1.165) is 12.0 Å². The zero-order valence-corrected chi connectivity index (χ0v) is 12.9. The van der Waals surface area contributed by atoms with E-state index in [0.29, 0.717) is 31.1 Å². The molecule has 1 rings (SSSR count). The first-order chi connectivity index (χ1) is 10.2. The Morgan fingerprint density at radius 3 is 2.52 bits per heavy atom. The zero-order chi connectivity index (χ0) is 15.7. The van der Waals surface area contributed by atoms with Gasteiger partial charge in [-0.25, -0.2) is 4.79 Å². The Balaban J connectivity index is 2.93. The normalized spacial score (nSPS) is 11.8. The molecule has 0 saturated heterocycles. The van der Waals surface area contributed by atoms with E-state index in [-0.39, 0.29) is 12.6 Å². The number of ether oxygens (including phenoxy) is 3. The smallest absolute Gasteiger partial charge is 0.347 e. The second kappa shape index (κ2) is 9.23. The van der Waals surface area contributed by atoms with Gasteiger partial charge in [0.2, 0.25) is 0 Å². The van der Waals surface area contributed by atoms with Gasteiger partial charge in [0.25, 0.3) is 0 Å². The van der Waals surface area contributed by atoms with Crippen LogP contribution >= 0.6 is 0 Å². The highest BCUT2D eigenvalue weighted by atomic mass is 16.6. The van der Waals surface area contributed by atoms with Gasteiger partial charge in [-0.05, 0) is 38.0 Å². The predicted molar refractivity (Wildman–Crippen MR) is 79.5 cm³/mol. The van der Waals surface area contributed by atoms with Crippen molar-refractivity contribution in [1.29, 1.82) is 0 Å². The Morgan fingerprint density at radius 1 is 1.19 bits per heavy atom. The largest absolute Gasteiger partial charge is 0.490 e. The minimum atomic E-state index is -0.644. The number of esters is 1. The van der Waals surface area contributed by atoms with Gasteiger partial charge in [0, 0.05) is 0 Å². The zero-order valence-electron chi connectivity index (χ0n) is 12.9. The van der Waals surface area contributed by atoms with Crippen molar-refractivity contribution in [3.05, 3.63) is 23.8 Å². The highest BCUT2D eigenvalue weighted by molar-refractivity contribution is 5.75. The van der Waals surface area contributed by atoms with Crippen molar-refractivity contribution in [2.24, 2.45) is 0 Å². The monoisotopic (exact) mass is 296 g/mol. The van der Waals surface area contributed by atoms with Gasteiger partial charge in [-0.15, -0.1) is 0 Å². The molecular weight excluding hydrogens is 272 g/mol. The standard InChI is InChI=1S/C16H24O5/c1-4-7-14(16(18)20-6-3)21-13-9-8-12(11-17)10-15(13)19-5-2/h8-10,14,17H,4-7,11H2,1-3H3. The van der Waals surface area contributed by atoms with Crippen LogP contribution in [0.5, 0.6) is 11.5 Å². The Bertz CT molecular complexity index is 444. The molecule has 0 aliphatic heterocycles. The van der Waals surface area contributed by atoms with E-state index >= 15 is 0 Å². The molecule has 0 aliphatic carbocycles. The number of benzene rings is 1. The van der Waals surface area contributed by atoms with Gasteiger partial charge in [-0.2, -0.15) is 0 Å². The number of carbonyl (C=O) groups excluding carboxylic acids is 1. The maximum Gasteiger partial charge on any atom is 0.347 e. The van der Waals surface area contributed by atoms with Gasteiger partial charge in [-0.1, -0.05) is 19.4 Å². The minimum Gasteiger partial charge on any atom is -0.490 e. The van der Waals surface area contributed by atoms with E-state index in [1.54, 1.807) is 25.1 Å². The molecule has 0 heterocycles. The van der Waals surface area contributed by atoms with Crippen molar-refractivity contribution < 1.29 is 24.1 Å². The first kappa shape index (κ1) is 17.3. The molecule has 0 fully saturated rings. The molecule has 1 atom stereocenters. The molecular formula is C16H24O5. The van der Waals surface area contributed by atoms with Crippen molar-refractivity contribution in [3.8, 4) is 11.5 Å². The summed E-state index contributed by atoms with van der Waals surface area (Å²) in [5.41, 5.74) is 0.731. The topological polar surface area (TPSA) is 65.0 Å². The van der Waals surface area contributed by atoms with Crippen LogP contribution < -0.4 is 9.47 Å². The summed E-state index contributed by atoms with van der Waals surface area (Å²) in [7, 11) is 0. The van der Waals surface area contributed by atoms with E-state index in [9.17, 15) is 9.90 Å². The third kappa shape index (κ3) is 5.27. The van der Waals surface area contributed by atoms with E-state index in [2.05, 4.69) is 0 Å². The van der Waals surface area contributed by atoms with E-state index in [1.807, 2.05) is 13.8 Å². The van der Waals surface area contributed by atoms with Crippen molar-refractivity contribution >= 4 is 5.97 Å². The van der Waals surface area contributed by atoms with E-state index in [1.165, 1.54) is 0 Å². The van der Waals surface area contributed by atoms with Gasteiger partial charge in [-0.3, -0.25) is 0 Å². The molecule has 0 bridgehead atoms. The van der Waals surface area contributed by atoms with Gasteiger partial charge in [0.05, 0.1) is 19.8 Å². The molecule has 1 aromatic rings. The fourth-order valence-electron chi connectivity index (χ4n) is 1.89. The number of carbonyl (C=O) groups is 1. The summed E-state index contributed by atoms with van der Waals surface area (Å²) < 4.78 is 16.3. The molecule has 0 amide bonds. The van der Waals surface area contributed by atoms with Crippen LogP contribution in [0.1, 0.15) is 39.2 Å². The fourth-order valence-corrected chi connectivity index (χ4v) is 1.89. The van der Waals surface area contributed by atoms with Crippen LogP contribution in [0.15, 0.2) is 18.2 Å². The van der Waals surface area contributed by atoms with Gasteiger partial charge >= 0.3 is 5.97 Å². The number of hydrogen-bond donors (Lipinski definition) is 1. The van der Waals surface area contributed by atoms with Crippen molar-refractivity contribution in [2.75, 3.05) is 13.2 Å². The highest BCUT2D eigenvalue weighted by Gasteiger charge is 2.22. The maximum atomic E-state index is 11.9. The fraction of sp³-hybridized carbons (Fsp3) is 0.562. The molecule has 1 unspecified atom stereocenters. The molecule has 0 aromatic heterocycles. The van der Waals surface area contributed by atoms with Crippen LogP contribution in [0.4, 0.5) is 0 Å². The first-order valence-electron chi connectivity index (χ1n) is 7.36. The number of aliphatic hydroxyl groups is 1. The van der Waals surface area contributed by atoms with Gasteiger partial charge in [0.1, 0.15) is 0 Å². The average molecular weight is 296 g/mol. The van der Waals surface area contributed by atoms with E-state index in [4.69, 9.17) is 14.2 Å². The van der Waals surface area contributed by atoms with Crippen LogP contribution in [0.25, 0.3) is 0 Å². The van der Waals surface area contributed by atoms with Crippen molar-refractivity contribution in [3.63, 3.8) is 0 Å². The maximum absolute atomic E-state index is 11.9. The first-order valence-corrected chi connectivity index (χ1v) is 7.36. The van der Waals surface area contributed by atoms with Crippen LogP contribution in [-0.2, 0) is 16.1 Å². The van der Waals surface area contributed by atoms with Gasteiger partial charge in [0.15, 0.2) is 17.6 Å². The molecule has 118 valence electrons. The number of hydrogen-bond acceptors (Lipinski definition) is 5. The number of rotatable bonds is 9. The summed E-state index contributed by atoms with van der Waals surface area (Å²) in [6, 6.07) is 5.16. The molecule has 5 nitrogen and oxygen atoms in total. The van der Waals surface area contributed by atoms with Crippen LogP contribution in [0.2, 0.25) is 0 Å². The SMILES string of the molecule is CCCC(Oc1ccc(CO)cc1OCC)C(=O)OCC. The summed E-state index contributed by atoms with van der Waals surface area (Å²) in [5.74, 6) is 0.642. The molecule has 0 radical (unpaired) electrons. The Morgan fingerprint density at radius 2 is 1.95 bits per heavy atom.